The van der Waals surface area contributed by atoms with Crippen LogP contribution in [0.15, 0.2) is 24.3 Å². The summed E-state index contributed by atoms with van der Waals surface area (Å²) in [6.45, 7) is 9.78. The third-order valence-electron chi connectivity index (χ3n) is 3.09. The molecular formula is C16H25NO. The van der Waals surface area contributed by atoms with Gasteiger partial charge in [0.1, 0.15) is 5.78 Å². The molecule has 0 bridgehead atoms. The highest BCUT2D eigenvalue weighted by Crippen LogP contribution is 2.17. The van der Waals surface area contributed by atoms with E-state index in [-0.39, 0.29) is 5.41 Å². The molecule has 0 aliphatic carbocycles. The van der Waals surface area contributed by atoms with Crippen molar-refractivity contribution in [2.24, 2.45) is 5.41 Å². The molecular weight excluding hydrogens is 222 g/mol. The summed E-state index contributed by atoms with van der Waals surface area (Å²) in [4.78, 5) is 14.1. The van der Waals surface area contributed by atoms with Crippen molar-refractivity contribution in [1.29, 1.82) is 0 Å². The zero-order chi connectivity index (χ0) is 13.8. The standard InChI is InChI=1S/C16H25NO/c1-13-7-6-8-14(11-13)12-17(5)10-9-15(18)16(2,3)4/h6-8,11H,9-10,12H2,1-5H3. The largest absolute Gasteiger partial charge is 0.302 e. The molecule has 0 unspecified atom stereocenters. The van der Waals surface area contributed by atoms with Crippen LogP contribution in [0.25, 0.3) is 0 Å². The summed E-state index contributed by atoms with van der Waals surface area (Å²) in [5, 5.41) is 0. The van der Waals surface area contributed by atoms with Crippen LogP contribution in [0.5, 0.6) is 0 Å². The van der Waals surface area contributed by atoms with Gasteiger partial charge in [0.25, 0.3) is 0 Å². The first-order valence-corrected chi connectivity index (χ1v) is 6.56. The van der Waals surface area contributed by atoms with Crippen LogP contribution < -0.4 is 0 Å². The predicted molar refractivity (Wildman–Crippen MR) is 76.6 cm³/mol. The Morgan fingerprint density at radius 3 is 2.50 bits per heavy atom. The minimum atomic E-state index is -0.218. The number of hydrogen-bond acceptors (Lipinski definition) is 2. The Morgan fingerprint density at radius 2 is 1.94 bits per heavy atom. The van der Waals surface area contributed by atoms with E-state index in [0.717, 1.165) is 13.1 Å². The van der Waals surface area contributed by atoms with Crippen LogP contribution in [-0.4, -0.2) is 24.3 Å². The van der Waals surface area contributed by atoms with Crippen LogP contribution in [-0.2, 0) is 11.3 Å². The zero-order valence-electron chi connectivity index (χ0n) is 12.3. The fourth-order valence-corrected chi connectivity index (χ4v) is 1.87. The molecule has 0 heterocycles. The first kappa shape index (κ1) is 14.9. The Hall–Kier alpha value is -1.15. The van der Waals surface area contributed by atoms with Crippen molar-refractivity contribution in [1.82, 2.24) is 4.90 Å². The highest BCUT2D eigenvalue weighted by atomic mass is 16.1. The van der Waals surface area contributed by atoms with Gasteiger partial charge < -0.3 is 4.90 Å². The number of rotatable bonds is 5. The third-order valence-corrected chi connectivity index (χ3v) is 3.09. The maximum Gasteiger partial charge on any atom is 0.139 e. The molecule has 0 atom stereocenters. The van der Waals surface area contributed by atoms with Crippen LogP contribution in [0.4, 0.5) is 0 Å². The highest BCUT2D eigenvalue weighted by molar-refractivity contribution is 5.83. The lowest BCUT2D eigenvalue weighted by Gasteiger charge is -2.20. The minimum Gasteiger partial charge on any atom is -0.302 e. The average Bonchev–Trinajstić information content (AvgIpc) is 2.24. The summed E-state index contributed by atoms with van der Waals surface area (Å²) >= 11 is 0. The molecule has 0 aromatic heterocycles. The van der Waals surface area contributed by atoms with Crippen LogP contribution in [0.2, 0.25) is 0 Å². The maximum atomic E-state index is 11.8. The SMILES string of the molecule is Cc1cccc(CN(C)CCC(=O)C(C)(C)C)c1. The van der Waals surface area contributed by atoms with E-state index in [0.29, 0.717) is 12.2 Å². The molecule has 2 nitrogen and oxygen atoms in total. The minimum absolute atomic E-state index is 0.218. The highest BCUT2D eigenvalue weighted by Gasteiger charge is 2.20. The van der Waals surface area contributed by atoms with Crippen LogP contribution in [0, 0.1) is 12.3 Å². The van der Waals surface area contributed by atoms with Crippen molar-refractivity contribution >= 4 is 5.78 Å². The smallest absolute Gasteiger partial charge is 0.139 e. The molecule has 0 N–H and O–H groups in total. The Bertz CT molecular complexity index is 404. The van der Waals surface area contributed by atoms with E-state index < -0.39 is 0 Å². The fourth-order valence-electron chi connectivity index (χ4n) is 1.87. The molecule has 0 fully saturated rings. The summed E-state index contributed by atoms with van der Waals surface area (Å²) in [6.07, 6.45) is 0.631. The Morgan fingerprint density at radius 1 is 1.28 bits per heavy atom. The van der Waals surface area contributed by atoms with Gasteiger partial charge in [-0.15, -0.1) is 0 Å². The molecule has 18 heavy (non-hydrogen) atoms. The van der Waals surface area contributed by atoms with Gasteiger partial charge in [-0.25, -0.2) is 0 Å². The van der Waals surface area contributed by atoms with Crippen molar-refractivity contribution in [3.8, 4) is 0 Å². The van der Waals surface area contributed by atoms with E-state index in [1.165, 1.54) is 11.1 Å². The summed E-state index contributed by atoms with van der Waals surface area (Å²) in [5.41, 5.74) is 2.37. The van der Waals surface area contributed by atoms with Crippen molar-refractivity contribution in [2.75, 3.05) is 13.6 Å². The van der Waals surface area contributed by atoms with Gasteiger partial charge in [-0.3, -0.25) is 4.79 Å². The van der Waals surface area contributed by atoms with E-state index in [1.807, 2.05) is 20.8 Å². The molecule has 0 saturated heterocycles. The van der Waals surface area contributed by atoms with Gasteiger partial charge in [-0.2, -0.15) is 0 Å². The second-order valence-electron chi connectivity index (χ2n) is 6.15. The monoisotopic (exact) mass is 247 g/mol. The quantitative estimate of drug-likeness (QED) is 0.794. The predicted octanol–water partition coefficient (Wildman–Crippen LogP) is 3.43. The van der Waals surface area contributed by atoms with Gasteiger partial charge in [0.05, 0.1) is 0 Å². The zero-order valence-corrected chi connectivity index (χ0v) is 12.3. The normalized spacial score (nSPS) is 11.9. The van der Waals surface area contributed by atoms with Crippen molar-refractivity contribution in [3.05, 3.63) is 35.4 Å². The Balaban J connectivity index is 2.43. The van der Waals surface area contributed by atoms with Gasteiger partial charge in [-0.1, -0.05) is 50.6 Å². The van der Waals surface area contributed by atoms with Crippen molar-refractivity contribution < 1.29 is 4.79 Å². The van der Waals surface area contributed by atoms with E-state index in [1.54, 1.807) is 0 Å². The first-order chi connectivity index (χ1) is 8.29. The molecule has 0 aliphatic heterocycles. The summed E-state index contributed by atoms with van der Waals surface area (Å²) in [5.74, 6) is 0.332. The number of benzene rings is 1. The second kappa shape index (κ2) is 6.14. The molecule has 0 aliphatic rings. The summed E-state index contributed by atoms with van der Waals surface area (Å²) < 4.78 is 0. The van der Waals surface area contributed by atoms with Crippen LogP contribution in [0.3, 0.4) is 0 Å². The second-order valence-corrected chi connectivity index (χ2v) is 6.15. The van der Waals surface area contributed by atoms with Gasteiger partial charge in [0.2, 0.25) is 0 Å². The number of hydrogen-bond donors (Lipinski definition) is 0. The lowest BCUT2D eigenvalue weighted by Crippen LogP contribution is -2.27. The molecule has 0 amide bonds. The van der Waals surface area contributed by atoms with E-state index in [4.69, 9.17) is 0 Å². The molecule has 100 valence electrons. The van der Waals surface area contributed by atoms with Crippen LogP contribution >= 0.6 is 0 Å². The molecule has 0 spiro atoms. The molecule has 2 heteroatoms. The van der Waals surface area contributed by atoms with Crippen molar-refractivity contribution in [2.45, 2.75) is 40.7 Å². The average molecular weight is 247 g/mol. The summed E-state index contributed by atoms with van der Waals surface area (Å²) in [7, 11) is 2.07. The lowest BCUT2D eigenvalue weighted by molar-refractivity contribution is -0.126. The lowest BCUT2D eigenvalue weighted by atomic mass is 9.89. The number of aryl methyl sites for hydroxylation is 1. The first-order valence-electron chi connectivity index (χ1n) is 6.56. The molecule has 1 aromatic rings. The van der Waals surface area contributed by atoms with Gasteiger partial charge in [-0.05, 0) is 19.5 Å². The molecule has 0 radical (unpaired) electrons. The number of ketones is 1. The van der Waals surface area contributed by atoms with Gasteiger partial charge in [0, 0.05) is 24.9 Å². The molecule has 1 rings (SSSR count). The topological polar surface area (TPSA) is 20.3 Å². The number of carbonyl (C=O) groups is 1. The molecule has 0 saturated carbocycles. The fraction of sp³-hybridized carbons (Fsp3) is 0.562. The number of carbonyl (C=O) groups excluding carboxylic acids is 1. The van der Waals surface area contributed by atoms with E-state index >= 15 is 0 Å². The number of Topliss-reactive ketones (excluding diaryl/α,β-unsaturated/α-hetero) is 1. The van der Waals surface area contributed by atoms with E-state index in [9.17, 15) is 4.79 Å². The van der Waals surface area contributed by atoms with E-state index in [2.05, 4.69) is 43.1 Å². The Labute approximate surface area is 111 Å². The number of nitrogens with zero attached hydrogens (tertiary/aromatic N) is 1. The molecule has 1 aromatic carbocycles. The van der Waals surface area contributed by atoms with Gasteiger partial charge in [0.15, 0.2) is 0 Å². The van der Waals surface area contributed by atoms with Crippen molar-refractivity contribution in [3.63, 3.8) is 0 Å². The maximum absolute atomic E-state index is 11.8. The van der Waals surface area contributed by atoms with Gasteiger partial charge >= 0.3 is 0 Å². The Kier molecular flexibility index (Phi) is 5.09. The summed E-state index contributed by atoms with van der Waals surface area (Å²) in [6, 6.07) is 8.52. The third kappa shape index (κ3) is 5.01. The van der Waals surface area contributed by atoms with Crippen LogP contribution in [0.1, 0.15) is 38.3 Å².